The summed E-state index contributed by atoms with van der Waals surface area (Å²) in [6.07, 6.45) is 0. The molecule has 0 radical (unpaired) electrons. The van der Waals surface area contributed by atoms with Crippen LogP contribution in [0.5, 0.6) is 0 Å². The van der Waals surface area contributed by atoms with Gasteiger partial charge in [0, 0.05) is 12.1 Å². The first-order chi connectivity index (χ1) is 10.7. The summed E-state index contributed by atoms with van der Waals surface area (Å²) in [5, 5.41) is 19.7. The van der Waals surface area contributed by atoms with Gasteiger partial charge in [0.1, 0.15) is 5.82 Å². The number of carbonyl (C=O) groups is 1. The Morgan fingerprint density at radius 1 is 1.22 bits per heavy atom. The maximum Gasteiger partial charge on any atom is 0.337 e. The van der Waals surface area contributed by atoms with E-state index in [1.807, 2.05) is 0 Å². The maximum absolute atomic E-state index is 13.1. The zero-order valence-corrected chi connectivity index (χ0v) is 12.3. The molecule has 0 spiro atoms. The fourth-order valence-corrected chi connectivity index (χ4v) is 3.53. The van der Waals surface area contributed by atoms with Gasteiger partial charge in [0.25, 0.3) is 5.69 Å². The number of hydrogen-bond acceptors (Lipinski definition) is 5. The molecule has 0 atom stereocenters. The molecule has 0 heterocycles. The average molecular weight is 339 g/mol. The summed E-state index contributed by atoms with van der Waals surface area (Å²) in [4.78, 5) is 20.6. The van der Waals surface area contributed by atoms with E-state index in [1.165, 1.54) is 18.2 Å². The summed E-state index contributed by atoms with van der Waals surface area (Å²) in [6, 6.07) is 7.30. The minimum Gasteiger partial charge on any atom is -0.478 e. The Morgan fingerprint density at radius 3 is 2.52 bits per heavy atom. The Morgan fingerprint density at radius 2 is 1.91 bits per heavy atom. The third-order valence-corrected chi connectivity index (χ3v) is 4.72. The van der Waals surface area contributed by atoms with E-state index in [-0.39, 0.29) is 11.3 Å². The molecule has 23 heavy (non-hydrogen) atoms. The molecule has 2 aromatic rings. The molecule has 0 aliphatic heterocycles. The topological polar surface area (TPSA) is 115 Å². The standard InChI is InChI=1S/C14H10FNO6S/c15-10-4-5-13(12(7-10)14(17)18)23(21,22)8-9-2-1-3-11(6-9)16(19)20/h1-7H,8H2,(H,17,18). The van der Waals surface area contributed by atoms with E-state index in [9.17, 15) is 27.7 Å². The molecule has 7 nitrogen and oxygen atoms in total. The van der Waals surface area contributed by atoms with E-state index < -0.39 is 42.8 Å². The van der Waals surface area contributed by atoms with Crippen molar-refractivity contribution in [2.75, 3.05) is 0 Å². The normalized spacial score (nSPS) is 11.2. The second-order valence-corrected chi connectivity index (χ2v) is 6.59. The first-order valence-corrected chi connectivity index (χ1v) is 7.85. The maximum atomic E-state index is 13.1. The van der Waals surface area contributed by atoms with Gasteiger partial charge in [0.15, 0.2) is 9.84 Å². The van der Waals surface area contributed by atoms with Crippen molar-refractivity contribution in [3.05, 3.63) is 69.5 Å². The lowest BCUT2D eigenvalue weighted by molar-refractivity contribution is -0.384. The molecule has 0 bridgehead atoms. The van der Waals surface area contributed by atoms with Gasteiger partial charge in [-0.2, -0.15) is 0 Å². The predicted octanol–water partition coefficient (Wildman–Crippen LogP) is 2.41. The molecule has 0 fully saturated rings. The molecule has 1 N–H and O–H groups in total. The first kappa shape index (κ1) is 16.6. The number of carboxylic acid groups (broad SMARTS) is 1. The lowest BCUT2D eigenvalue weighted by Gasteiger charge is -2.08. The zero-order chi connectivity index (χ0) is 17.2. The lowest BCUT2D eigenvalue weighted by Crippen LogP contribution is -2.12. The van der Waals surface area contributed by atoms with Gasteiger partial charge < -0.3 is 5.11 Å². The minimum absolute atomic E-state index is 0.125. The number of nitro benzene ring substituents is 1. The van der Waals surface area contributed by atoms with Crippen LogP contribution in [0.15, 0.2) is 47.4 Å². The molecule has 0 unspecified atom stereocenters. The number of sulfone groups is 1. The van der Waals surface area contributed by atoms with Gasteiger partial charge in [-0.3, -0.25) is 10.1 Å². The Hall–Kier alpha value is -2.81. The van der Waals surface area contributed by atoms with Crippen molar-refractivity contribution in [1.82, 2.24) is 0 Å². The van der Waals surface area contributed by atoms with E-state index in [0.717, 1.165) is 18.2 Å². The largest absolute Gasteiger partial charge is 0.478 e. The SMILES string of the molecule is O=C(O)c1cc(F)ccc1S(=O)(=O)Cc1cccc([N+](=O)[O-])c1. The van der Waals surface area contributed by atoms with Crippen molar-refractivity contribution in [2.45, 2.75) is 10.6 Å². The number of rotatable bonds is 5. The fraction of sp³-hybridized carbons (Fsp3) is 0.0714. The smallest absolute Gasteiger partial charge is 0.337 e. The van der Waals surface area contributed by atoms with E-state index in [1.54, 1.807) is 0 Å². The van der Waals surface area contributed by atoms with Crippen molar-refractivity contribution < 1.29 is 27.6 Å². The number of benzene rings is 2. The van der Waals surface area contributed by atoms with Crippen molar-refractivity contribution in [3.63, 3.8) is 0 Å². The molecule has 2 rings (SSSR count). The molecule has 0 aliphatic rings. The summed E-state index contributed by atoms with van der Waals surface area (Å²) in [5.74, 6) is -3.10. The van der Waals surface area contributed by atoms with Crippen LogP contribution in [0.25, 0.3) is 0 Å². The van der Waals surface area contributed by atoms with Crippen molar-refractivity contribution >= 4 is 21.5 Å². The van der Waals surface area contributed by atoms with E-state index in [4.69, 9.17) is 5.11 Å². The second-order valence-electron chi connectivity index (χ2n) is 4.63. The van der Waals surface area contributed by atoms with Crippen LogP contribution >= 0.6 is 0 Å². The van der Waals surface area contributed by atoms with Crippen LogP contribution in [0.3, 0.4) is 0 Å². The van der Waals surface area contributed by atoms with Gasteiger partial charge in [-0.1, -0.05) is 12.1 Å². The highest BCUT2D eigenvalue weighted by atomic mass is 32.2. The fourth-order valence-electron chi connectivity index (χ4n) is 2.00. The number of nitrogens with zero attached hydrogens (tertiary/aromatic N) is 1. The Bertz CT molecular complexity index is 894. The minimum atomic E-state index is -4.12. The van der Waals surface area contributed by atoms with Crippen molar-refractivity contribution in [1.29, 1.82) is 0 Å². The summed E-state index contributed by atoms with van der Waals surface area (Å²) in [6.45, 7) is 0. The van der Waals surface area contributed by atoms with Gasteiger partial charge in [-0.05, 0) is 23.8 Å². The van der Waals surface area contributed by atoms with Gasteiger partial charge in [0.05, 0.1) is 21.1 Å². The predicted molar refractivity (Wildman–Crippen MR) is 77.3 cm³/mol. The highest BCUT2D eigenvalue weighted by Gasteiger charge is 2.24. The number of carboxylic acids is 1. The monoisotopic (exact) mass is 339 g/mol. The number of aromatic carboxylic acids is 1. The van der Waals surface area contributed by atoms with Crippen LogP contribution in [-0.4, -0.2) is 24.4 Å². The quantitative estimate of drug-likeness (QED) is 0.508. The van der Waals surface area contributed by atoms with Gasteiger partial charge in [0.2, 0.25) is 0 Å². The van der Waals surface area contributed by atoms with E-state index >= 15 is 0 Å². The Balaban J connectivity index is 2.46. The molecule has 0 saturated heterocycles. The summed E-state index contributed by atoms with van der Waals surface area (Å²) >= 11 is 0. The van der Waals surface area contributed by atoms with Crippen LogP contribution in [0, 0.1) is 15.9 Å². The molecule has 9 heteroatoms. The van der Waals surface area contributed by atoms with Crippen molar-refractivity contribution in [3.8, 4) is 0 Å². The molecular formula is C14H10FNO6S. The van der Waals surface area contributed by atoms with Gasteiger partial charge in [-0.25, -0.2) is 17.6 Å². The van der Waals surface area contributed by atoms with Crippen LogP contribution in [0.4, 0.5) is 10.1 Å². The molecule has 0 aromatic heterocycles. The van der Waals surface area contributed by atoms with Gasteiger partial charge in [-0.15, -0.1) is 0 Å². The zero-order valence-electron chi connectivity index (χ0n) is 11.5. The summed E-state index contributed by atoms with van der Waals surface area (Å²) in [5.41, 5.74) is -0.842. The number of hydrogen-bond donors (Lipinski definition) is 1. The molecule has 0 amide bonds. The first-order valence-electron chi connectivity index (χ1n) is 6.19. The summed E-state index contributed by atoms with van der Waals surface area (Å²) < 4.78 is 37.9. The molecular weight excluding hydrogens is 329 g/mol. The highest BCUT2D eigenvalue weighted by molar-refractivity contribution is 7.90. The average Bonchev–Trinajstić information content (AvgIpc) is 2.46. The van der Waals surface area contributed by atoms with Crippen LogP contribution in [-0.2, 0) is 15.6 Å². The number of halogens is 1. The van der Waals surface area contributed by atoms with Crippen LogP contribution in [0.2, 0.25) is 0 Å². The molecule has 0 saturated carbocycles. The van der Waals surface area contributed by atoms with Crippen LogP contribution in [0.1, 0.15) is 15.9 Å². The van der Waals surface area contributed by atoms with Crippen LogP contribution < -0.4 is 0 Å². The molecule has 120 valence electrons. The van der Waals surface area contributed by atoms with Gasteiger partial charge >= 0.3 is 5.97 Å². The third kappa shape index (κ3) is 3.69. The second kappa shape index (κ2) is 6.13. The van der Waals surface area contributed by atoms with E-state index in [0.29, 0.717) is 6.07 Å². The molecule has 0 aliphatic carbocycles. The Labute approximate surface area is 130 Å². The third-order valence-electron chi connectivity index (χ3n) is 2.99. The van der Waals surface area contributed by atoms with E-state index in [2.05, 4.69) is 0 Å². The number of non-ortho nitro benzene ring substituents is 1. The number of nitro groups is 1. The highest BCUT2D eigenvalue weighted by Crippen LogP contribution is 2.23. The summed E-state index contributed by atoms with van der Waals surface area (Å²) in [7, 11) is -4.12. The van der Waals surface area contributed by atoms with Crippen molar-refractivity contribution in [2.24, 2.45) is 0 Å². The lowest BCUT2D eigenvalue weighted by atomic mass is 10.2. The Kier molecular flexibility index (Phi) is 4.41. The molecule has 2 aromatic carbocycles.